The second-order valence-electron chi connectivity index (χ2n) is 3.67. The van der Waals surface area contributed by atoms with E-state index >= 15 is 0 Å². The molecule has 0 spiro atoms. The first-order valence-electron chi connectivity index (χ1n) is 4.79. The Bertz CT molecular complexity index is 241. The molecule has 0 saturated carbocycles. The Morgan fingerprint density at radius 2 is 1.71 bits per heavy atom. The lowest BCUT2D eigenvalue weighted by molar-refractivity contribution is -0.136. The van der Waals surface area contributed by atoms with Gasteiger partial charge in [0.1, 0.15) is 0 Å². The summed E-state index contributed by atoms with van der Waals surface area (Å²) >= 11 is 0. The Morgan fingerprint density at radius 1 is 1.14 bits per heavy atom. The van der Waals surface area contributed by atoms with Gasteiger partial charge in [0, 0.05) is 18.7 Å². The van der Waals surface area contributed by atoms with E-state index in [0.717, 1.165) is 19.4 Å². The number of unbranched alkanes of at least 4 members (excludes halogenated alkanes) is 1. The summed E-state index contributed by atoms with van der Waals surface area (Å²) in [6.07, 6.45) is 4.53. The zero-order valence-corrected chi connectivity index (χ0v) is 8.69. The number of rotatable bonds is 5. The van der Waals surface area contributed by atoms with Gasteiger partial charge in [-0.3, -0.25) is 14.5 Å². The van der Waals surface area contributed by atoms with E-state index < -0.39 is 0 Å². The smallest absolute Gasteiger partial charge is 0.253 e. The van der Waals surface area contributed by atoms with Gasteiger partial charge < -0.3 is 4.90 Å². The SMILES string of the molecule is CN(C)CCCCN1C(=O)C=CC1=O. The Kier molecular flexibility index (Phi) is 3.83. The van der Waals surface area contributed by atoms with Gasteiger partial charge in [-0.25, -0.2) is 0 Å². The topological polar surface area (TPSA) is 40.6 Å². The van der Waals surface area contributed by atoms with Gasteiger partial charge >= 0.3 is 0 Å². The minimum absolute atomic E-state index is 0.181. The normalized spacial score (nSPS) is 16.1. The van der Waals surface area contributed by atoms with E-state index in [0.29, 0.717) is 6.54 Å². The summed E-state index contributed by atoms with van der Waals surface area (Å²) in [7, 11) is 4.02. The van der Waals surface area contributed by atoms with Crippen LogP contribution in [0, 0.1) is 0 Å². The highest BCUT2D eigenvalue weighted by molar-refractivity contribution is 6.12. The van der Waals surface area contributed by atoms with Crippen LogP contribution < -0.4 is 0 Å². The van der Waals surface area contributed by atoms with Crippen molar-refractivity contribution in [2.75, 3.05) is 27.2 Å². The van der Waals surface area contributed by atoms with Gasteiger partial charge in [0.15, 0.2) is 0 Å². The number of carbonyl (C=O) groups is 2. The van der Waals surface area contributed by atoms with Crippen molar-refractivity contribution >= 4 is 11.8 Å². The molecule has 4 nitrogen and oxygen atoms in total. The lowest BCUT2D eigenvalue weighted by Crippen LogP contribution is -2.31. The van der Waals surface area contributed by atoms with Crippen molar-refractivity contribution in [1.29, 1.82) is 0 Å². The minimum atomic E-state index is -0.181. The molecule has 1 rings (SSSR count). The highest BCUT2D eigenvalue weighted by Gasteiger charge is 2.21. The van der Waals surface area contributed by atoms with Crippen LogP contribution in [0.4, 0.5) is 0 Å². The summed E-state index contributed by atoms with van der Waals surface area (Å²) < 4.78 is 0. The van der Waals surface area contributed by atoms with Crippen molar-refractivity contribution in [2.45, 2.75) is 12.8 Å². The van der Waals surface area contributed by atoms with E-state index in [9.17, 15) is 9.59 Å². The molecule has 0 bridgehead atoms. The first kappa shape index (κ1) is 10.9. The monoisotopic (exact) mass is 196 g/mol. The lowest BCUT2D eigenvalue weighted by Gasteiger charge is -2.14. The highest BCUT2D eigenvalue weighted by atomic mass is 16.2. The Morgan fingerprint density at radius 3 is 2.21 bits per heavy atom. The van der Waals surface area contributed by atoms with Crippen molar-refractivity contribution in [2.24, 2.45) is 0 Å². The van der Waals surface area contributed by atoms with Gasteiger partial charge in [-0.2, -0.15) is 0 Å². The summed E-state index contributed by atoms with van der Waals surface area (Å²) in [4.78, 5) is 25.6. The van der Waals surface area contributed by atoms with Crippen molar-refractivity contribution in [3.8, 4) is 0 Å². The molecule has 0 radical (unpaired) electrons. The molecule has 14 heavy (non-hydrogen) atoms. The molecule has 0 saturated heterocycles. The van der Waals surface area contributed by atoms with E-state index in [1.54, 1.807) is 0 Å². The molecule has 0 unspecified atom stereocenters. The third-order valence-corrected chi connectivity index (χ3v) is 2.14. The molecule has 0 aromatic carbocycles. The summed E-state index contributed by atoms with van der Waals surface area (Å²) in [6, 6.07) is 0. The molecule has 1 heterocycles. The second kappa shape index (κ2) is 4.91. The summed E-state index contributed by atoms with van der Waals surface area (Å²) in [5, 5.41) is 0. The Labute approximate surface area is 84.2 Å². The van der Waals surface area contributed by atoms with Gasteiger partial charge in [0.2, 0.25) is 0 Å². The van der Waals surface area contributed by atoms with E-state index in [2.05, 4.69) is 4.90 Å². The average molecular weight is 196 g/mol. The summed E-state index contributed by atoms with van der Waals surface area (Å²) in [5.41, 5.74) is 0. The minimum Gasteiger partial charge on any atom is -0.309 e. The van der Waals surface area contributed by atoms with Gasteiger partial charge in [0.25, 0.3) is 11.8 Å². The molecule has 0 fully saturated rings. The van der Waals surface area contributed by atoms with Gasteiger partial charge in [-0.15, -0.1) is 0 Å². The Hall–Kier alpha value is -1.16. The molecule has 78 valence electrons. The summed E-state index contributed by atoms with van der Waals surface area (Å²) in [5.74, 6) is -0.361. The number of imide groups is 1. The van der Waals surface area contributed by atoms with Crippen LogP contribution in [0.1, 0.15) is 12.8 Å². The van der Waals surface area contributed by atoms with Gasteiger partial charge in [-0.1, -0.05) is 0 Å². The molecular formula is C10H16N2O2. The van der Waals surface area contributed by atoms with Crippen LogP contribution in [0.5, 0.6) is 0 Å². The van der Waals surface area contributed by atoms with Crippen molar-refractivity contribution < 1.29 is 9.59 Å². The molecule has 1 aliphatic heterocycles. The standard InChI is InChI=1S/C10H16N2O2/c1-11(2)7-3-4-8-12-9(13)5-6-10(12)14/h5-6H,3-4,7-8H2,1-2H3. The number of amides is 2. The third-order valence-electron chi connectivity index (χ3n) is 2.14. The zero-order valence-electron chi connectivity index (χ0n) is 8.69. The fourth-order valence-electron chi connectivity index (χ4n) is 1.35. The number of hydrogen-bond acceptors (Lipinski definition) is 3. The maximum absolute atomic E-state index is 11.1. The number of hydrogen-bond donors (Lipinski definition) is 0. The maximum atomic E-state index is 11.1. The van der Waals surface area contributed by atoms with Crippen LogP contribution in [0.2, 0.25) is 0 Å². The molecule has 0 N–H and O–H groups in total. The van der Waals surface area contributed by atoms with Crippen LogP contribution in [0.3, 0.4) is 0 Å². The fourth-order valence-corrected chi connectivity index (χ4v) is 1.35. The summed E-state index contributed by atoms with van der Waals surface area (Å²) in [6.45, 7) is 1.53. The van der Waals surface area contributed by atoms with E-state index in [-0.39, 0.29) is 11.8 Å². The lowest BCUT2D eigenvalue weighted by atomic mass is 10.3. The van der Waals surface area contributed by atoms with Crippen molar-refractivity contribution in [1.82, 2.24) is 9.80 Å². The van der Waals surface area contributed by atoms with Crippen molar-refractivity contribution in [3.05, 3.63) is 12.2 Å². The van der Waals surface area contributed by atoms with Gasteiger partial charge in [-0.05, 0) is 33.5 Å². The predicted molar refractivity (Wildman–Crippen MR) is 53.6 cm³/mol. The predicted octanol–water partition coefficient (Wildman–Crippen LogP) is 0.253. The molecule has 0 atom stereocenters. The third kappa shape index (κ3) is 2.96. The first-order valence-corrected chi connectivity index (χ1v) is 4.79. The number of nitrogens with zero attached hydrogens (tertiary/aromatic N) is 2. The van der Waals surface area contributed by atoms with Crippen LogP contribution in [0.25, 0.3) is 0 Å². The van der Waals surface area contributed by atoms with E-state index in [4.69, 9.17) is 0 Å². The molecule has 4 heteroatoms. The van der Waals surface area contributed by atoms with Crippen molar-refractivity contribution in [3.63, 3.8) is 0 Å². The maximum Gasteiger partial charge on any atom is 0.253 e. The second-order valence-corrected chi connectivity index (χ2v) is 3.67. The van der Waals surface area contributed by atoms with Crippen LogP contribution in [-0.4, -0.2) is 48.8 Å². The number of carbonyl (C=O) groups excluding carboxylic acids is 2. The molecule has 1 aliphatic rings. The zero-order chi connectivity index (χ0) is 10.6. The molecule has 0 aliphatic carbocycles. The van der Waals surface area contributed by atoms with Crippen LogP contribution in [0.15, 0.2) is 12.2 Å². The fraction of sp³-hybridized carbons (Fsp3) is 0.600. The van der Waals surface area contributed by atoms with Crippen LogP contribution >= 0.6 is 0 Å². The van der Waals surface area contributed by atoms with Crippen LogP contribution in [-0.2, 0) is 9.59 Å². The molecular weight excluding hydrogens is 180 g/mol. The van der Waals surface area contributed by atoms with Gasteiger partial charge in [0.05, 0.1) is 0 Å². The largest absolute Gasteiger partial charge is 0.309 e. The molecule has 0 aromatic rings. The first-order chi connectivity index (χ1) is 6.61. The van der Waals surface area contributed by atoms with E-state index in [1.165, 1.54) is 17.1 Å². The average Bonchev–Trinajstić information content (AvgIpc) is 2.42. The molecule has 2 amide bonds. The Balaban J connectivity index is 2.19. The van der Waals surface area contributed by atoms with E-state index in [1.807, 2.05) is 14.1 Å². The molecule has 0 aromatic heterocycles. The quantitative estimate of drug-likeness (QED) is 0.467. The highest BCUT2D eigenvalue weighted by Crippen LogP contribution is 2.05.